The number of hydrogen-bond acceptors (Lipinski definition) is 0. The smallest absolute Gasteiger partial charge is 0.0556 e. The number of nitrogens with zero attached hydrogens (tertiary/aromatic N) is 1. The fourth-order valence-corrected chi connectivity index (χ4v) is 4.64. The molecule has 30 heavy (non-hydrogen) atoms. The molecule has 0 atom stereocenters. The fourth-order valence-electron chi connectivity index (χ4n) is 4.47. The number of aromatic nitrogens is 1. The standard InChI is InChI=1S/C28H18ClN/c29-22-13-16-25-27(18-22)30(26-17-12-21-8-4-5-9-24(21)28(25)26)23-14-10-20(11-15-23)19-6-2-1-3-7-19/h1-18H. The second kappa shape index (κ2) is 6.76. The maximum absolute atomic E-state index is 6.42. The van der Waals surface area contributed by atoms with Crippen molar-refractivity contribution in [2.45, 2.75) is 0 Å². The molecule has 1 nitrogen and oxygen atoms in total. The SMILES string of the molecule is Clc1ccc2c3c4ccccc4ccc3n(-c3ccc(-c4ccccc4)cc3)c2c1. The van der Waals surface area contributed by atoms with E-state index in [2.05, 4.69) is 102 Å². The Hall–Kier alpha value is -3.55. The second-order valence-electron chi connectivity index (χ2n) is 7.59. The van der Waals surface area contributed by atoms with Crippen LogP contribution >= 0.6 is 11.6 Å². The average molecular weight is 404 g/mol. The van der Waals surface area contributed by atoms with Crippen molar-refractivity contribution in [3.8, 4) is 16.8 Å². The van der Waals surface area contributed by atoms with Gasteiger partial charge in [0.2, 0.25) is 0 Å². The molecular weight excluding hydrogens is 386 g/mol. The zero-order valence-electron chi connectivity index (χ0n) is 16.2. The Morgan fingerprint density at radius 1 is 0.533 bits per heavy atom. The minimum Gasteiger partial charge on any atom is -0.309 e. The lowest BCUT2D eigenvalue weighted by atomic mass is 10.0. The van der Waals surface area contributed by atoms with Crippen molar-refractivity contribution in [2.24, 2.45) is 0 Å². The molecule has 1 aromatic heterocycles. The van der Waals surface area contributed by atoms with Gasteiger partial charge in [-0.25, -0.2) is 0 Å². The van der Waals surface area contributed by atoms with Crippen LogP contribution in [0.3, 0.4) is 0 Å². The molecule has 0 saturated carbocycles. The monoisotopic (exact) mass is 403 g/mol. The highest BCUT2D eigenvalue weighted by molar-refractivity contribution is 6.32. The maximum Gasteiger partial charge on any atom is 0.0556 e. The Morgan fingerprint density at radius 3 is 2.10 bits per heavy atom. The van der Waals surface area contributed by atoms with E-state index in [0.717, 1.165) is 16.2 Å². The van der Waals surface area contributed by atoms with Gasteiger partial charge in [0.1, 0.15) is 0 Å². The van der Waals surface area contributed by atoms with E-state index < -0.39 is 0 Å². The van der Waals surface area contributed by atoms with Crippen molar-refractivity contribution < 1.29 is 0 Å². The molecule has 0 unspecified atom stereocenters. The highest BCUT2D eigenvalue weighted by atomic mass is 35.5. The van der Waals surface area contributed by atoms with E-state index in [-0.39, 0.29) is 0 Å². The second-order valence-corrected chi connectivity index (χ2v) is 8.03. The highest BCUT2D eigenvalue weighted by Crippen LogP contribution is 2.38. The van der Waals surface area contributed by atoms with Crippen LogP contribution in [0.5, 0.6) is 0 Å². The molecule has 6 rings (SSSR count). The fraction of sp³-hybridized carbons (Fsp3) is 0. The van der Waals surface area contributed by atoms with Crippen molar-refractivity contribution in [1.82, 2.24) is 4.57 Å². The van der Waals surface area contributed by atoms with Crippen molar-refractivity contribution in [3.05, 3.63) is 114 Å². The topological polar surface area (TPSA) is 4.93 Å². The van der Waals surface area contributed by atoms with Gasteiger partial charge in [-0.15, -0.1) is 0 Å². The Bertz CT molecular complexity index is 1530. The van der Waals surface area contributed by atoms with Crippen LogP contribution in [-0.4, -0.2) is 4.57 Å². The van der Waals surface area contributed by atoms with Gasteiger partial charge in [0.25, 0.3) is 0 Å². The summed E-state index contributed by atoms with van der Waals surface area (Å²) in [6, 6.07) is 38.4. The molecule has 0 N–H and O–H groups in total. The summed E-state index contributed by atoms with van der Waals surface area (Å²) in [5, 5.41) is 5.75. The first kappa shape index (κ1) is 17.3. The number of hydrogen-bond donors (Lipinski definition) is 0. The van der Waals surface area contributed by atoms with Gasteiger partial charge in [0.05, 0.1) is 11.0 Å². The predicted octanol–water partition coefficient (Wildman–Crippen LogP) is 8.26. The molecule has 5 aromatic carbocycles. The highest BCUT2D eigenvalue weighted by Gasteiger charge is 2.15. The molecule has 0 bridgehead atoms. The van der Waals surface area contributed by atoms with E-state index in [1.165, 1.54) is 38.2 Å². The van der Waals surface area contributed by atoms with E-state index in [9.17, 15) is 0 Å². The van der Waals surface area contributed by atoms with E-state index in [1.807, 2.05) is 12.1 Å². The Kier molecular flexibility index (Phi) is 3.90. The van der Waals surface area contributed by atoms with Crippen LogP contribution in [0.15, 0.2) is 109 Å². The number of rotatable bonds is 2. The molecule has 0 aliphatic carbocycles. The average Bonchev–Trinajstić information content (AvgIpc) is 3.13. The quantitative estimate of drug-likeness (QED) is 0.274. The largest absolute Gasteiger partial charge is 0.309 e. The molecular formula is C28H18ClN. The number of halogens is 1. The molecule has 0 spiro atoms. The molecule has 0 aliphatic heterocycles. The summed E-state index contributed by atoms with van der Waals surface area (Å²) >= 11 is 6.42. The normalized spacial score (nSPS) is 11.5. The molecule has 0 amide bonds. The molecule has 142 valence electrons. The Balaban J connectivity index is 1.66. The summed E-state index contributed by atoms with van der Waals surface area (Å²) in [6.07, 6.45) is 0. The Morgan fingerprint density at radius 2 is 1.27 bits per heavy atom. The first-order chi connectivity index (χ1) is 14.8. The first-order valence-electron chi connectivity index (χ1n) is 10.1. The summed E-state index contributed by atoms with van der Waals surface area (Å²) in [7, 11) is 0. The minimum absolute atomic E-state index is 0.747. The van der Waals surface area contributed by atoms with Crippen LogP contribution in [-0.2, 0) is 0 Å². The third-order valence-corrected chi connectivity index (χ3v) is 6.09. The lowest BCUT2D eigenvalue weighted by molar-refractivity contribution is 1.18. The van der Waals surface area contributed by atoms with E-state index in [1.54, 1.807) is 0 Å². The lowest BCUT2D eigenvalue weighted by Gasteiger charge is -2.10. The Labute approximate surface area is 179 Å². The summed E-state index contributed by atoms with van der Waals surface area (Å²) in [4.78, 5) is 0. The molecule has 0 radical (unpaired) electrons. The molecule has 1 heterocycles. The summed E-state index contributed by atoms with van der Waals surface area (Å²) < 4.78 is 2.32. The van der Waals surface area contributed by atoms with Crippen LogP contribution in [0.1, 0.15) is 0 Å². The summed E-state index contributed by atoms with van der Waals surface area (Å²) in [5.74, 6) is 0. The third-order valence-electron chi connectivity index (χ3n) is 5.85. The van der Waals surface area contributed by atoms with Crippen molar-refractivity contribution >= 4 is 44.2 Å². The van der Waals surface area contributed by atoms with E-state index >= 15 is 0 Å². The van der Waals surface area contributed by atoms with Gasteiger partial charge < -0.3 is 4.57 Å². The van der Waals surface area contributed by atoms with Gasteiger partial charge in [-0.2, -0.15) is 0 Å². The lowest BCUT2D eigenvalue weighted by Crippen LogP contribution is -1.93. The summed E-state index contributed by atoms with van der Waals surface area (Å²) in [6.45, 7) is 0. The van der Waals surface area contributed by atoms with E-state index in [4.69, 9.17) is 11.6 Å². The third kappa shape index (κ3) is 2.63. The molecule has 0 saturated heterocycles. The van der Waals surface area contributed by atoms with Crippen LogP contribution < -0.4 is 0 Å². The predicted molar refractivity (Wildman–Crippen MR) is 129 cm³/mol. The summed E-state index contributed by atoms with van der Waals surface area (Å²) in [5.41, 5.74) is 5.89. The van der Waals surface area contributed by atoms with Gasteiger partial charge in [-0.05, 0) is 52.2 Å². The molecule has 0 fully saturated rings. The van der Waals surface area contributed by atoms with Crippen LogP contribution in [0.4, 0.5) is 0 Å². The zero-order chi connectivity index (χ0) is 20.1. The van der Waals surface area contributed by atoms with Crippen molar-refractivity contribution in [1.29, 1.82) is 0 Å². The van der Waals surface area contributed by atoms with Gasteiger partial charge >= 0.3 is 0 Å². The maximum atomic E-state index is 6.42. The van der Waals surface area contributed by atoms with Crippen molar-refractivity contribution in [2.75, 3.05) is 0 Å². The van der Waals surface area contributed by atoms with Crippen LogP contribution in [0.25, 0.3) is 49.4 Å². The van der Waals surface area contributed by atoms with Crippen molar-refractivity contribution in [3.63, 3.8) is 0 Å². The van der Waals surface area contributed by atoms with Gasteiger partial charge in [-0.3, -0.25) is 0 Å². The minimum atomic E-state index is 0.747. The molecule has 2 heteroatoms. The number of benzene rings is 5. The zero-order valence-corrected chi connectivity index (χ0v) is 17.0. The van der Waals surface area contributed by atoms with Gasteiger partial charge in [0.15, 0.2) is 0 Å². The van der Waals surface area contributed by atoms with E-state index in [0.29, 0.717) is 0 Å². The van der Waals surface area contributed by atoms with Gasteiger partial charge in [-0.1, -0.05) is 90.5 Å². The van der Waals surface area contributed by atoms with Crippen LogP contribution in [0, 0.1) is 0 Å². The first-order valence-corrected chi connectivity index (χ1v) is 10.4. The molecule has 6 aromatic rings. The molecule has 0 aliphatic rings. The van der Waals surface area contributed by atoms with Crippen LogP contribution in [0.2, 0.25) is 5.02 Å². The van der Waals surface area contributed by atoms with Gasteiger partial charge in [0, 0.05) is 21.5 Å². The number of fused-ring (bicyclic) bond motifs is 5.